The van der Waals surface area contributed by atoms with Crippen molar-refractivity contribution >= 4 is 5.97 Å². The van der Waals surface area contributed by atoms with E-state index in [-0.39, 0.29) is 5.97 Å². The molecule has 0 saturated heterocycles. The van der Waals surface area contributed by atoms with E-state index in [0.29, 0.717) is 12.2 Å². The molecular formula is C9H13NO2. The van der Waals surface area contributed by atoms with Crippen LogP contribution in [0.2, 0.25) is 0 Å². The van der Waals surface area contributed by atoms with Gasteiger partial charge in [0, 0.05) is 12.4 Å². The van der Waals surface area contributed by atoms with E-state index < -0.39 is 0 Å². The summed E-state index contributed by atoms with van der Waals surface area (Å²) >= 11 is 0. The van der Waals surface area contributed by atoms with Crippen LogP contribution in [0.5, 0.6) is 0 Å². The number of carbonyl (C=O) groups is 1. The second kappa shape index (κ2) is 4.59. The summed E-state index contributed by atoms with van der Waals surface area (Å²) in [4.78, 5) is 13.9. The van der Waals surface area contributed by atoms with Crippen LogP contribution in [0.4, 0.5) is 0 Å². The number of nitrogens with one attached hydrogen (secondary N) is 1. The molecule has 1 heterocycles. The third kappa shape index (κ3) is 2.42. The normalized spacial score (nSPS) is 9.75. The van der Waals surface area contributed by atoms with Crippen LogP contribution in [-0.4, -0.2) is 17.6 Å². The van der Waals surface area contributed by atoms with Gasteiger partial charge in [-0.2, -0.15) is 0 Å². The number of hydrogen-bond acceptors (Lipinski definition) is 2. The molecule has 3 nitrogen and oxygen atoms in total. The highest BCUT2D eigenvalue weighted by Crippen LogP contribution is 2.00. The summed E-state index contributed by atoms with van der Waals surface area (Å²) in [5.41, 5.74) is 0.589. The molecule has 0 bridgehead atoms. The lowest BCUT2D eigenvalue weighted by atomic mass is 10.3. The average molecular weight is 167 g/mol. The number of aromatic amines is 1. The van der Waals surface area contributed by atoms with Gasteiger partial charge in [0.15, 0.2) is 0 Å². The van der Waals surface area contributed by atoms with E-state index in [9.17, 15) is 4.79 Å². The second-order valence-corrected chi connectivity index (χ2v) is 2.59. The quantitative estimate of drug-likeness (QED) is 0.550. The minimum Gasteiger partial charge on any atom is -0.462 e. The predicted octanol–water partition coefficient (Wildman–Crippen LogP) is 1.97. The molecule has 0 aliphatic heterocycles. The topological polar surface area (TPSA) is 42.1 Å². The number of carbonyl (C=O) groups excluding carboxylic acids is 1. The predicted molar refractivity (Wildman–Crippen MR) is 46.0 cm³/mol. The Labute approximate surface area is 71.7 Å². The molecule has 1 N–H and O–H groups in total. The van der Waals surface area contributed by atoms with Crippen molar-refractivity contribution in [3.63, 3.8) is 0 Å². The monoisotopic (exact) mass is 167 g/mol. The first-order valence-corrected chi connectivity index (χ1v) is 4.14. The zero-order valence-electron chi connectivity index (χ0n) is 7.17. The van der Waals surface area contributed by atoms with Gasteiger partial charge in [-0.05, 0) is 12.5 Å². The van der Waals surface area contributed by atoms with Crippen LogP contribution in [0.25, 0.3) is 0 Å². The van der Waals surface area contributed by atoms with Crippen LogP contribution in [0.15, 0.2) is 18.5 Å². The Hall–Kier alpha value is -1.25. The lowest BCUT2D eigenvalue weighted by Gasteiger charge is -2.00. The molecular weight excluding hydrogens is 154 g/mol. The standard InChI is InChI=1S/C9H13NO2/c1-2-3-6-12-9(11)8-4-5-10-7-8/h4-5,7,10H,2-3,6H2,1H3. The summed E-state index contributed by atoms with van der Waals surface area (Å²) in [6, 6.07) is 1.70. The molecule has 0 spiro atoms. The third-order valence-corrected chi connectivity index (χ3v) is 1.56. The van der Waals surface area contributed by atoms with Gasteiger partial charge >= 0.3 is 5.97 Å². The molecule has 0 atom stereocenters. The van der Waals surface area contributed by atoms with Crippen molar-refractivity contribution in [2.24, 2.45) is 0 Å². The summed E-state index contributed by atoms with van der Waals surface area (Å²) in [5, 5.41) is 0. The summed E-state index contributed by atoms with van der Waals surface area (Å²) < 4.78 is 4.97. The van der Waals surface area contributed by atoms with Crippen LogP contribution < -0.4 is 0 Å². The van der Waals surface area contributed by atoms with Crippen molar-refractivity contribution in [2.75, 3.05) is 6.61 Å². The Balaban J connectivity index is 2.30. The summed E-state index contributed by atoms with van der Waals surface area (Å²) in [6.07, 6.45) is 5.31. The van der Waals surface area contributed by atoms with Crippen molar-refractivity contribution in [3.05, 3.63) is 24.0 Å². The number of rotatable bonds is 4. The molecule has 0 radical (unpaired) electrons. The van der Waals surface area contributed by atoms with Crippen LogP contribution in [0.1, 0.15) is 30.1 Å². The third-order valence-electron chi connectivity index (χ3n) is 1.56. The number of unbranched alkanes of at least 4 members (excludes halogenated alkanes) is 1. The van der Waals surface area contributed by atoms with Crippen molar-refractivity contribution < 1.29 is 9.53 Å². The lowest BCUT2D eigenvalue weighted by Crippen LogP contribution is -2.04. The van der Waals surface area contributed by atoms with E-state index in [1.54, 1.807) is 18.5 Å². The van der Waals surface area contributed by atoms with Gasteiger partial charge in [-0.25, -0.2) is 4.79 Å². The molecule has 0 amide bonds. The maximum Gasteiger partial charge on any atom is 0.339 e. The molecule has 3 heteroatoms. The van der Waals surface area contributed by atoms with Crippen LogP contribution in [-0.2, 0) is 4.74 Å². The summed E-state index contributed by atoms with van der Waals surface area (Å²) in [5.74, 6) is -0.246. The number of ether oxygens (including phenoxy) is 1. The maximum atomic E-state index is 11.1. The smallest absolute Gasteiger partial charge is 0.339 e. The molecule has 66 valence electrons. The highest BCUT2D eigenvalue weighted by molar-refractivity contribution is 5.89. The highest BCUT2D eigenvalue weighted by Gasteiger charge is 2.05. The molecule has 0 saturated carbocycles. The number of hydrogen-bond donors (Lipinski definition) is 1. The van der Waals surface area contributed by atoms with Gasteiger partial charge in [-0.3, -0.25) is 0 Å². The Kier molecular flexibility index (Phi) is 3.38. The van der Waals surface area contributed by atoms with Gasteiger partial charge in [0.05, 0.1) is 12.2 Å². The fourth-order valence-corrected chi connectivity index (χ4v) is 0.843. The average Bonchev–Trinajstić information content (AvgIpc) is 2.56. The zero-order chi connectivity index (χ0) is 8.81. The Morgan fingerprint density at radius 1 is 1.67 bits per heavy atom. The fourth-order valence-electron chi connectivity index (χ4n) is 0.843. The largest absolute Gasteiger partial charge is 0.462 e. The molecule has 0 unspecified atom stereocenters. The minimum atomic E-state index is -0.246. The molecule has 0 aliphatic rings. The van der Waals surface area contributed by atoms with Gasteiger partial charge in [-0.15, -0.1) is 0 Å². The zero-order valence-corrected chi connectivity index (χ0v) is 7.17. The van der Waals surface area contributed by atoms with Crippen LogP contribution in [0, 0.1) is 0 Å². The maximum absolute atomic E-state index is 11.1. The van der Waals surface area contributed by atoms with Gasteiger partial charge < -0.3 is 9.72 Å². The van der Waals surface area contributed by atoms with Crippen molar-refractivity contribution in [1.29, 1.82) is 0 Å². The van der Waals surface area contributed by atoms with Crippen molar-refractivity contribution in [2.45, 2.75) is 19.8 Å². The Bertz CT molecular complexity index is 229. The Morgan fingerprint density at radius 2 is 2.50 bits per heavy atom. The molecule has 0 aliphatic carbocycles. The molecule has 0 aromatic carbocycles. The first-order valence-electron chi connectivity index (χ1n) is 4.14. The number of esters is 1. The highest BCUT2D eigenvalue weighted by atomic mass is 16.5. The van der Waals surface area contributed by atoms with Crippen molar-refractivity contribution in [3.8, 4) is 0 Å². The van der Waals surface area contributed by atoms with Gasteiger partial charge in [0.1, 0.15) is 0 Å². The van der Waals surface area contributed by atoms with E-state index in [0.717, 1.165) is 12.8 Å². The van der Waals surface area contributed by atoms with Gasteiger partial charge in [0.2, 0.25) is 0 Å². The van der Waals surface area contributed by atoms with Gasteiger partial charge in [0.25, 0.3) is 0 Å². The first kappa shape index (κ1) is 8.84. The molecule has 0 fully saturated rings. The van der Waals surface area contributed by atoms with E-state index in [2.05, 4.69) is 11.9 Å². The lowest BCUT2D eigenvalue weighted by molar-refractivity contribution is 0.0500. The summed E-state index contributed by atoms with van der Waals surface area (Å²) in [7, 11) is 0. The Morgan fingerprint density at radius 3 is 3.08 bits per heavy atom. The van der Waals surface area contributed by atoms with E-state index in [1.165, 1.54) is 0 Å². The second-order valence-electron chi connectivity index (χ2n) is 2.59. The molecule has 1 aromatic heterocycles. The molecule has 1 aromatic rings. The molecule has 12 heavy (non-hydrogen) atoms. The van der Waals surface area contributed by atoms with Crippen LogP contribution in [0.3, 0.4) is 0 Å². The minimum absolute atomic E-state index is 0.246. The summed E-state index contributed by atoms with van der Waals surface area (Å²) in [6.45, 7) is 2.57. The number of aromatic nitrogens is 1. The number of H-pyrrole nitrogens is 1. The van der Waals surface area contributed by atoms with Crippen LogP contribution >= 0.6 is 0 Å². The first-order chi connectivity index (χ1) is 5.84. The molecule has 1 rings (SSSR count). The van der Waals surface area contributed by atoms with Gasteiger partial charge in [-0.1, -0.05) is 13.3 Å². The van der Waals surface area contributed by atoms with E-state index in [4.69, 9.17) is 4.74 Å². The SMILES string of the molecule is CCCCOC(=O)c1cc[nH]c1. The van der Waals surface area contributed by atoms with Crippen molar-refractivity contribution in [1.82, 2.24) is 4.98 Å². The van der Waals surface area contributed by atoms with E-state index >= 15 is 0 Å². The van der Waals surface area contributed by atoms with E-state index in [1.807, 2.05) is 0 Å². The fraction of sp³-hybridized carbons (Fsp3) is 0.444.